The van der Waals surface area contributed by atoms with Gasteiger partial charge in [0.15, 0.2) is 0 Å². The van der Waals surface area contributed by atoms with Gasteiger partial charge >= 0.3 is 10.2 Å². The summed E-state index contributed by atoms with van der Waals surface area (Å²) in [5.41, 5.74) is 0. The molecular formula is C8H14FNO5S. The molecule has 1 rings (SSSR count). The molecule has 1 amide bonds. The highest BCUT2D eigenvalue weighted by molar-refractivity contribution is 7.87. The number of carbonyl (C=O) groups excluding carboxylic acids is 1. The zero-order chi connectivity index (χ0) is 12.2. The first kappa shape index (κ1) is 13.3. The third-order valence-electron chi connectivity index (χ3n) is 2.32. The van der Waals surface area contributed by atoms with Crippen LogP contribution in [0.1, 0.15) is 6.42 Å². The normalized spacial score (nSPS) is 21.8. The summed E-state index contributed by atoms with van der Waals surface area (Å²) in [4.78, 5) is 12.5. The lowest BCUT2D eigenvalue weighted by molar-refractivity contribution is -0.128. The Morgan fingerprint density at radius 3 is 2.69 bits per heavy atom. The molecule has 0 spiro atoms. The number of ether oxygens (including phenoxy) is 1. The van der Waals surface area contributed by atoms with E-state index in [0.29, 0.717) is 0 Å². The van der Waals surface area contributed by atoms with Crippen LogP contribution < -0.4 is 0 Å². The van der Waals surface area contributed by atoms with Crippen molar-refractivity contribution >= 4 is 16.1 Å². The number of aliphatic hydroxyl groups is 1. The standard InChI is InChI=1S/C8H14FNO5S/c9-16(13,14)7-5-8(12)10(6-7)1-3-15-4-2-11/h7,11H,1-6H2. The van der Waals surface area contributed by atoms with Crippen LogP contribution in [0.25, 0.3) is 0 Å². The molecule has 0 saturated carbocycles. The highest BCUT2D eigenvalue weighted by atomic mass is 32.3. The number of aliphatic hydroxyl groups excluding tert-OH is 1. The van der Waals surface area contributed by atoms with Gasteiger partial charge in [-0.1, -0.05) is 0 Å². The van der Waals surface area contributed by atoms with E-state index in [0.717, 1.165) is 0 Å². The number of rotatable bonds is 6. The van der Waals surface area contributed by atoms with E-state index >= 15 is 0 Å². The maximum atomic E-state index is 12.6. The Balaban J connectivity index is 2.37. The Kier molecular flexibility index (Phi) is 4.63. The summed E-state index contributed by atoms with van der Waals surface area (Å²) in [5, 5.41) is 7.17. The van der Waals surface area contributed by atoms with E-state index in [2.05, 4.69) is 0 Å². The van der Waals surface area contributed by atoms with Crippen molar-refractivity contribution < 1.29 is 26.9 Å². The minimum atomic E-state index is -4.65. The van der Waals surface area contributed by atoms with Crippen molar-refractivity contribution in [1.82, 2.24) is 4.90 Å². The van der Waals surface area contributed by atoms with Crippen molar-refractivity contribution in [1.29, 1.82) is 0 Å². The number of halogens is 1. The second kappa shape index (κ2) is 5.55. The fourth-order valence-corrected chi connectivity index (χ4v) is 2.18. The van der Waals surface area contributed by atoms with Gasteiger partial charge in [0.25, 0.3) is 0 Å². The minimum absolute atomic E-state index is 0.116. The number of carbonyl (C=O) groups is 1. The molecule has 8 heteroatoms. The summed E-state index contributed by atoms with van der Waals surface area (Å²) < 4.78 is 38.7. The third kappa shape index (κ3) is 3.69. The molecule has 1 heterocycles. The second-order valence-corrected chi connectivity index (χ2v) is 5.10. The van der Waals surface area contributed by atoms with E-state index < -0.39 is 15.5 Å². The molecule has 1 saturated heterocycles. The van der Waals surface area contributed by atoms with Gasteiger partial charge in [0.2, 0.25) is 5.91 Å². The van der Waals surface area contributed by atoms with Gasteiger partial charge in [0, 0.05) is 19.5 Å². The maximum absolute atomic E-state index is 12.6. The molecular weight excluding hydrogens is 241 g/mol. The molecule has 1 fully saturated rings. The summed E-state index contributed by atoms with van der Waals surface area (Å²) >= 11 is 0. The number of hydrogen-bond acceptors (Lipinski definition) is 5. The molecule has 0 aromatic heterocycles. The molecule has 0 bridgehead atoms. The topological polar surface area (TPSA) is 83.9 Å². The zero-order valence-corrected chi connectivity index (χ0v) is 9.45. The lowest BCUT2D eigenvalue weighted by Gasteiger charge is -2.15. The Morgan fingerprint density at radius 1 is 1.50 bits per heavy atom. The molecule has 1 aliphatic heterocycles. The average Bonchev–Trinajstić information content (AvgIpc) is 2.55. The molecule has 1 unspecified atom stereocenters. The predicted octanol–water partition coefficient (Wildman–Crippen LogP) is -1.10. The van der Waals surface area contributed by atoms with Crippen molar-refractivity contribution in [2.75, 3.05) is 32.9 Å². The molecule has 0 aliphatic carbocycles. The van der Waals surface area contributed by atoms with Gasteiger partial charge in [-0.15, -0.1) is 3.89 Å². The summed E-state index contributed by atoms with van der Waals surface area (Å²) in [7, 11) is -4.65. The van der Waals surface area contributed by atoms with E-state index in [1.165, 1.54) is 4.90 Å². The van der Waals surface area contributed by atoms with Gasteiger partial charge in [-0.2, -0.15) is 8.42 Å². The SMILES string of the molecule is O=C1CC(S(=O)(=O)F)CN1CCOCCO. The number of nitrogens with zero attached hydrogens (tertiary/aromatic N) is 1. The number of hydrogen-bond donors (Lipinski definition) is 1. The van der Waals surface area contributed by atoms with Crippen LogP contribution in [0.2, 0.25) is 0 Å². The molecule has 1 atom stereocenters. The van der Waals surface area contributed by atoms with Gasteiger partial charge < -0.3 is 14.7 Å². The van der Waals surface area contributed by atoms with Crippen LogP contribution >= 0.6 is 0 Å². The van der Waals surface area contributed by atoms with Crippen molar-refractivity contribution in [3.8, 4) is 0 Å². The largest absolute Gasteiger partial charge is 0.394 e. The van der Waals surface area contributed by atoms with Crippen molar-refractivity contribution in [3.63, 3.8) is 0 Å². The van der Waals surface area contributed by atoms with Crippen LogP contribution in [0.3, 0.4) is 0 Å². The molecule has 94 valence electrons. The predicted molar refractivity (Wildman–Crippen MR) is 52.9 cm³/mol. The van der Waals surface area contributed by atoms with Crippen molar-refractivity contribution in [3.05, 3.63) is 0 Å². The first-order valence-corrected chi connectivity index (χ1v) is 6.29. The van der Waals surface area contributed by atoms with Crippen LogP contribution in [0.15, 0.2) is 0 Å². The smallest absolute Gasteiger partial charge is 0.307 e. The average molecular weight is 255 g/mol. The molecule has 0 radical (unpaired) electrons. The van der Waals surface area contributed by atoms with E-state index in [1.54, 1.807) is 0 Å². The van der Waals surface area contributed by atoms with Gasteiger partial charge in [-0.3, -0.25) is 4.79 Å². The Hall–Kier alpha value is -0.730. The lowest BCUT2D eigenvalue weighted by Crippen LogP contribution is -2.30. The fourth-order valence-electron chi connectivity index (χ4n) is 1.48. The number of amides is 1. The molecule has 16 heavy (non-hydrogen) atoms. The quantitative estimate of drug-likeness (QED) is 0.481. The molecule has 1 aliphatic rings. The van der Waals surface area contributed by atoms with Crippen molar-refractivity contribution in [2.24, 2.45) is 0 Å². The first-order valence-electron chi connectivity index (χ1n) is 4.85. The Morgan fingerprint density at radius 2 is 2.19 bits per heavy atom. The molecule has 0 aromatic carbocycles. The van der Waals surface area contributed by atoms with E-state index in [-0.39, 0.29) is 45.2 Å². The van der Waals surface area contributed by atoms with Crippen molar-refractivity contribution in [2.45, 2.75) is 11.7 Å². The second-order valence-electron chi connectivity index (χ2n) is 3.48. The maximum Gasteiger partial charge on any atom is 0.307 e. The van der Waals surface area contributed by atoms with Crippen LogP contribution in [0.5, 0.6) is 0 Å². The van der Waals surface area contributed by atoms with Gasteiger partial charge in [-0.25, -0.2) is 0 Å². The number of likely N-dealkylation sites (tertiary alicyclic amines) is 1. The van der Waals surface area contributed by atoms with Gasteiger partial charge in [-0.05, 0) is 0 Å². The first-order chi connectivity index (χ1) is 7.45. The van der Waals surface area contributed by atoms with Crippen LogP contribution in [0.4, 0.5) is 3.89 Å². The molecule has 6 nitrogen and oxygen atoms in total. The summed E-state index contributed by atoms with van der Waals surface area (Å²) in [6, 6.07) is 0. The molecule has 1 N–H and O–H groups in total. The van der Waals surface area contributed by atoms with E-state index in [4.69, 9.17) is 9.84 Å². The van der Waals surface area contributed by atoms with E-state index in [9.17, 15) is 17.1 Å². The van der Waals surface area contributed by atoms with Crippen LogP contribution in [-0.2, 0) is 19.8 Å². The summed E-state index contributed by atoms with van der Waals surface area (Å²) in [6.07, 6.45) is -0.307. The summed E-state index contributed by atoms with van der Waals surface area (Å²) in [5.74, 6) is -0.390. The summed E-state index contributed by atoms with van der Waals surface area (Å²) in [6.45, 7) is 0.332. The van der Waals surface area contributed by atoms with E-state index in [1.807, 2.05) is 0 Å². The zero-order valence-electron chi connectivity index (χ0n) is 8.63. The van der Waals surface area contributed by atoms with Crippen LogP contribution in [0, 0.1) is 0 Å². The van der Waals surface area contributed by atoms with Gasteiger partial charge in [0.05, 0.1) is 19.8 Å². The Labute approximate surface area is 93.2 Å². The molecule has 0 aromatic rings. The highest BCUT2D eigenvalue weighted by Crippen LogP contribution is 2.19. The van der Waals surface area contributed by atoms with Gasteiger partial charge in [0.1, 0.15) is 5.25 Å². The monoisotopic (exact) mass is 255 g/mol. The third-order valence-corrected chi connectivity index (χ3v) is 3.43. The lowest BCUT2D eigenvalue weighted by atomic mass is 10.4. The highest BCUT2D eigenvalue weighted by Gasteiger charge is 2.37. The minimum Gasteiger partial charge on any atom is -0.394 e. The van der Waals surface area contributed by atoms with Crippen LogP contribution in [-0.4, -0.2) is 62.5 Å². The fraction of sp³-hybridized carbons (Fsp3) is 0.875. The Bertz CT molecular complexity index is 344.